The van der Waals surface area contributed by atoms with E-state index < -0.39 is 0 Å². The lowest BCUT2D eigenvalue weighted by Gasteiger charge is -2.10. The zero-order chi connectivity index (χ0) is 26.6. The van der Waals surface area contributed by atoms with E-state index in [9.17, 15) is 0 Å². The molecule has 0 amide bonds. The average molecular weight is 511 g/mol. The first kappa shape index (κ1) is 27.3. The smallest absolute Gasteiger partial charge is 0.146 e. The van der Waals surface area contributed by atoms with Crippen LogP contribution in [0.3, 0.4) is 0 Å². The van der Waals surface area contributed by atoms with Gasteiger partial charge < -0.3 is 14.6 Å². The second kappa shape index (κ2) is 13.7. The lowest BCUT2D eigenvalue weighted by atomic mass is 10.0. The highest BCUT2D eigenvalue weighted by Gasteiger charge is 2.06. The van der Waals surface area contributed by atoms with E-state index in [0.29, 0.717) is 33.4 Å². The van der Waals surface area contributed by atoms with Crippen molar-refractivity contribution in [1.29, 1.82) is 10.5 Å². The van der Waals surface area contributed by atoms with E-state index in [1.165, 1.54) is 11.1 Å². The number of aryl methyl sites for hydroxylation is 2. The number of hydrogen-bond acceptors (Lipinski definition) is 5. The minimum Gasteiger partial charge on any atom is -0.457 e. The van der Waals surface area contributed by atoms with Gasteiger partial charge in [0.15, 0.2) is 0 Å². The van der Waals surface area contributed by atoms with Crippen LogP contribution < -0.4 is 9.47 Å². The van der Waals surface area contributed by atoms with Crippen molar-refractivity contribution in [3.05, 3.63) is 118 Å². The standard InChI is InChI=1S/C17H16ClNO.C14H11NO2/c1-3-4-14-6-7-15(9-12(14)2)20-17-8-5-13(11-19)10-16(17)18;15-9-11-1-5-13(6-2-11)17-14-7-3-12(10-16)4-8-14/h5-10H,3-4H2,1-2H3;1-8,16H,10H2. The lowest BCUT2D eigenvalue weighted by molar-refractivity contribution is 0.281. The molecule has 0 aliphatic carbocycles. The van der Waals surface area contributed by atoms with Crippen molar-refractivity contribution < 1.29 is 14.6 Å². The van der Waals surface area contributed by atoms with Gasteiger partial charge in [0.2, 0.25) is 0 Å². The van der Waals surface area contributed by atoms with Crippen LogP contribution in [0.5, 0.6) is 23.0 Å². The molecule has 0 unspecified atom stereocenters. The van der Waals surface area contributed by atoms with Crippen molar-refractivity contribution in [2.45, 2.75) is 33.3 Å². The Morgan fingerprint density at radius 3 is 1.89 bits per heavy atom. The van der Waals surface area contributed by atoms with Crippen molar-refractivity contribution >= 4 is 11.6 Å². The summed E-state index contributed by atoms with van der Waals surface area (Å²) in [5.74, 6) is 2.70. The van der Waals surface area contributed by atoms with E-state index >= 15 is 0 Å². The number of benzene rings is 4. The van der Waals surface area contributed by atoms with Gasteiger partial charge in [-0.1, -0.05) is 43.1 Å². The summed E-state index contributed by atoms with van der Waals surface area (Å²) < 4.78 is 11.4. The quantitative estimate of drug-likeness (QED) is 0.271. The lowest BCUT2D eigenvalue weighted by Crippen LogP contribution is -1.91. The van der Waals surface area contributed by atoms with Crippen LogP contribution in [0.2, 0.25) is 5.02 Å². The van der Waals surface area contributed by atoms with Gasteiger partial charge in [0.25, 0.3) is 0 Å². The molecule has 4 aromatic carbocycles. The second-order valence-electron chi connectivity index (χ2n) is 8.24. The summed E-state index contributed by atoms with van der Waals surface area (Å²) in [6.07, 6.45) is 2.20. The van der Waals surface area contributed by atoms with E-state index in [0.717, 1.165) is 24.2 Å². The van der Waals surface area contributed by atoms with E-state index in [1.807, 2.05) is 24.3 Å². The Morgan fingerprint density at radius 1 is 0.757 bits per heavy atom. The molecule has 0 bridgehead atoms. The van der Waals surface area contributed by atoms with Gasteiger partial charge in [0.1, 0.15) is 23.0 Å². The monoisotopic (exact) mass is 510 g/mol. The van der Waals surface area contributed by atoms with E-state index in [2.05, 4.69) is 19.9 Å². The Hall–Kier alpha value is -4.29. The number of aliphatic hydroxyl groups is 1. The number of rotatable bonds is 7. The molecular formula is C31H27ClN2O3. The topological polar surface area (TPSA) is 86.3 Å². The summed E-state index contributed by atoms with van der Waals surface area (Å²) in [5, 5.41) is 26.8. The van der Waals surface area contributed by atoms with Crippen molar-refractivity contribution in [2.75, 3.05) is 0 Å². The molecule has 1 N–H and O–H groups in total. The molecule has 0 heterocycles. The van der Waals surface area contributed by atoms with Gasteiger partial charge in [-0.2, -0.15) is 10.5 Å². The molecule has 0 atom stereocenters. The summed E-state index contributed by atoms with van der Waals surface area (Å²) in [4.78, 5) is 0. The molecule has 0 aliphatic heterocycles. The number of nitrogens with zero attached hydrogens (tertiary/aromatic N) is 2. The summed E-state index contributed by atoms with van der Waals surface area (Å²) >= 11 is 6.10. The molecule has 186 valence electrons. The van der Waals surface area contributed by atoms with E-state index in [4.69, 9.17) is 36.7 Å². The second-order valence-corrected chi connectivity index (χ2v) is 8.64. The Balaban J connectivity index is 0.000000208. The van der Waals surface area contributed by atoms with Gasteiger partial charge in [-0.25, -0.2) is 0 Å². The maximum absolute atomic E-state index is 8.90. The van der Waals surface area contributed by atoms with Gasteiger partial charge in [0.05, 0.1) is 34.9 Å². The minimum absolute atomic E-state index is 0.0249. The van der Waals surface area contributed by atoms with Crippen molar-refractivity contribution in [3.63, 3.8) is 0 Å². The first-order valence-electron chi connectivity index (χ1n) is 11.8. The van der Waals surface area contributed by atoms with Crippen LogP contribution in [0.25, 0.3) is 0 Å². The molecule has 0 saturated carbocycles. The molecule has 0 spiro atoms. The molecule has 37 heavy (non-hydrogen) atoms. The zero-order valence-corrected chi connectivity index (χ0v) is 21.5. The molecule has 0 aliphatic rings. The van der Waals surface area contributed by atoms with Crippen molar-refractivity contribution in [2.24, 2.45) is 0 Å². The van der Waals surface area contributed by atoms with Gasteiger partial charge in [0, 0.05) is 0 Å². The average Bonchev–Trinajstić information content (AvgIpc) is 2.92. The van der Waals surface area contributed by atoms with Gasteiger partial charge >= 0.3 is 0 Å². The Labute approximate surface area is 222 Å². The maximum Gasteiger partial charge on any atom is 0.146 e. The first-order chi connectivity index (χ1) is 17.9. The molecule has 6 heteroatoms. The fourth-order valence-electron chi connectivity index (χ4n) is 3.46. The van der Waals surface area contributed by atoms with Gasteiger partial charge in [-0.3, -0.25) is 0 Å². The molecule has 0 radical (unpaired) electrons. The number of halogens is 1. The normalized spacial score (nSPS) is 9.89. The predicted molar refractivity (Wildman–Crippen MR) is 145 cm³/mol. The number of hydrogen-bond donors (Lipinski definition) is 1. The molecule has 0 saturated heterocycles. The van der Waals surface area contributed by atoms with Crippen molar-refractivity contribution in [3.8, 4) is 35.1 Å². The van der Waals surface area contributed by atoms with Gasteiger partial charge in [-0.05, 0) is 96.8 Å². The first-order valence-corrected chi connectivity index (χ1v) is 12.2. The fourth-order valence-corrected chi connectivity index (χ4v) is 3.68. The third kappa shape index (κ3) is 8.12. The Morgan fingerprint density at radius 2 is 1.35 bits per heavy atom. The van der Waals surface area contributed by atoms with Crippen LogP contribution in [0.1, 0.15) is 41.2 Å². The molecule has 4 aromatic rings. The minimum atomic E-state index is 0.0249. The van der Waals surface area contributed by atoms with Crippen LogP contribution in [-0.4, -0.2) is 5.11 Å². The zero-order valence-electron chi connectivity index (χ0n) is 20.7. The fraction of sp³-hybridized carbons (Fsp3) is 0.161. The molecular weight excluding hydrogens is 484 g/mol. The largest absolute Gasteiger partial charge is 0.457 e. The van der Waals surface area contributed by atoms with Crippen LogP contribution in [0.4, 0.5) is 0 Å². The van der Waals surface area contributed by atoms with E-state index in [1.54, 1.807) is 66.7 Å². The number of nitriles is 2. The highest BCUT2D eigenvalue weighted by atomic mass is 35.5. The molecule has 0 fully saturated rings. The number of aliphatic hydroxyl groups excluding tert-OH is 1. The predicted octanol–water partition coefficient (Wildman–Crippen LogP) is 8.11. The van der Waals surface area contributed by atoms with Crippen molar-refractivity contribution in [1.82, 2.24) is 0 Å². The third-order valence-corrected chi connectivity index (χ3v) is 5.74. The molecule has 5 nitrogen and oxygen atoms in total. The van der Waals surface area contributed by atoms with Gasteiger partial charge in [-0.15, -0.1) is 0 Å². The highest BCUT2D eigenvalue weighted by molar-refractivity contribution is 6.32. The molecule has 0 aromatic heterocycles. The summed E-state index contributed by atoms with van der Waals surface area (Å²) in [6, 6.07) is 29.3. The SMILES string of the molecule is CCCc1ccc(Oc2ccc(C#N)cc2Cl)cc1C.N#Cc1ccc(Oc2ccc(CO)cc2)cc1. The molecule has 4 rings (SSSR count). The Bertz CT molecular complexity index is 1400. The van der Waals surface area contributed by atoms with Crippen LogP contribution >= 0.6 is 11.6 Å². The van der Waals surface area contributed by atoms with Crippen LogP contribution in [-0.2, 0) is 13.0 Å². The van der Waals surface area contributed by atoms with Crippen LogP contribution in [0, 0.1) is 29.6 Å². The van der Waals surface area contributed by atoms with E-state index in [-0.39, 0.29) is 6.61 Å². The summed E-state index contributed by atoms with van der Waals surface area (Å²) in [7, 11) is 0. The summed E-state index contributed by atoms with van der Waals surface area (Å²) in [5.41, 5.74) is 4.53. The number of ether oxygens (including phenoxy) is 2. The highest BCUT2D eigenvalue weighted by Crippen LogP contribution is 2.31. The third-order valence-electron chi connectivity index (χ3n) is 5.45. The van der Waals surface area contributed by atoms with Crippen LogP contribution in [0.15, 0.2) is 84.9 Å². The maximum atomic E-state index is 8.90. The Kier molecular flexibility index (Phi) is 10.1. The summed E-state index contributed by atoms with van der Waals surface area (Å²) in [6.45, 7) is 4.27.